The van der Waals surface area contributed by atoms with Crippen LogP contribution >= 0.6 is 11.3 Å². The van der Waals surface area contributed by atoms with Crippen molar-refractivity contribution >= 4 is 11.3 Å². The van der Waals surface area contributed by atoms with E-state index in [1.165, 1.54) is 6.07 Å². The van der Waals surface area contributed by atoms with Gasteiger partial charge in [0.15, 0.2) is 0 Å². The first-order chi connectivity index (χ1) is 7.91. The minimum absolute atomic E-state index is 0.283. The van der Waals surface area contributed by atoms with E-state index >= 15 is 0 Å². The number of thiophene rings is 1. The zero-order chi connectivity index (χ0) is 12.6. The molecule has 2 aromatic rings. The Bertz CT molecular complexity index is 543. The van der Waals surface area contributed by atoms with Gasteiger partial charge in [0.25, 0.3) is 0 Å². The minimum Gasteiger partial charge on any atom is -0.381 e. The van der Waals surface area contributed by atoms with E-state index < -0.39 is 5.60 Å². The zero-order valence-electron chi connectivity index (χ0n) is 10.1. The highest BCUT2D eigenvalue weighted by Gasteiger charge is 2.27. The molecule has 2 rings (SSSR count). The van der Waals surface area contributed by atoms with E-state index in [1.54, 1.807) is 37.3 Å². The van der Waals surface area contributed by atoms with Gasteiger partial charge in [0.2, 0.25) is 0 Å². The number of aryl methyl sites for hydroxylation is 2. The quantitative estimate of drug-likeness (QED) is 0.860. The molecule has 0 saturated heterocycles. The lowest BCUT2D eigenvalue weighted by atomic mass is 9.89. The third kappa shape index (κ3) is 2.26. The molecule has 0 aliphatic carbocycles. The molecular formula is C14H15FOS. The highest BCUT2D eigenvalue weighted by atomic mass is 32.1. The van der Waals surface area contributed by atoms with Crippen molar-refractivity contribution in [1.29, 1.82) is 0 Å². The van der Waals surface area contributed by atoms with Gasteiger partial charge in [-0.3, -0.25) is 0 Å². The second-order valence-electron chi connectivity index (χ2n) is 4.48. The third-order valence-corrected chi connectivity index (χ3v) is 3.89. The number of aliphatic hydroxyl groups is 1. The van der Waals surface area contributed by atoms with Gasteiger partial charge in [-0.2, -0.15) is 0 Å². The molecule has 1 atom stereocenters. The SMILES string of the molecule is Cc1cc(C(C)(O)c2ccc(C)c(F)c2)cs1. The molecule has 0 aliphatic rings. The number of rotatable bonds is 2. The van der Waals surface area contributed by atoms with Crippen LogP contribution in [-0.4, -0.2) is 5.11 Å². The van der Waals surface area contributed by atoms with Crippen LogP contribution in [0, 0.1) is 19.7 Å². The molecule has 1 nitrogen and oxygen atoms in total. The van der Waals surface area contributed by atoms with Gasteiger partial charge >= 0.3 is 0 Å². The summed E-state index contributed by atoms with van der Waals surface area (Å²) >= 11 is 1.58. The smallest absolute Gasteiger partial charge is 0.126 e. The molecule has 0 saturated carbocycles. The second kappa shape index (κ2) is 4.24. The molecule has 0 fully saturated rings. The van der Waals surface area contributed by atoms with Crippen molar-refractivity contribution < 1.29 is 9.50 Å². The summed E-state index contributed by atoms with van der Waals surface area (Å²) in [6.07, 6.45) is 0. The predicted octanol–water partition coefficient (Wildman–Crippen LogP) is 3.76. The maximum Gasteiger partial charge on any atom is 0.126 e. The Kier molecular flexibility index (Phi) is 3.06. The fraction of sp³-hybridized carbons (Fsp3) is 0.286. The van der Waals surface area contributed by atoms with Crippen molar-refractivity contribution in [3.05, 3.63) is 57.0 Å². The van der Waals surface area contributed by atoms with Gasteiger partial charge < -0.3 is 5.11 Å². The first-order valence-electron chi connectivity index (χ1n) is 5.46. The average molecular weight is 250 g/mol. The largest absolute Gasteiger partial charge is 0.381 e. The molecule has 0 spiro atoms. The van der Waals surface area contributed by atoms with Crippen molar-refractivity contribution in [3.63, 3.8) is 0 Å². The van der Waals surface area contributed by atoms with Crippen molar-refractivity contribution in [2.45, 2.75) is 26.4 Å². The van der Waals surface area contributed by atoms with Crippen molar-refractivity contribution in [2.24, 2.45) is 0 Å². The number of halogens is 1. The molecule has 1 heterocycles. The van der Waals surface area contributed by atoms with Gasteiger partial charge in [0.1, 0.15) is 11.4 Å². The lowest BCUT2D eigenvalue weighted by Gasteiger charge is -2.23. The molecule has 0 amide bonds. The Labute approximate surface area is 105 Å². The van der Waals surface area contributed by atoms with Crippen LogP contribution in [0.4, 0.5) is 4.39 Å². The number of hydrogen-bond donors (Lipinski definition) is 1. The first kappa shape index (κ1) is 12.3. The lowest BCUT2D eigenvalue weighted by molar-refractivity contribution is 0.102. The van der Waals surface area contributed by atoms with E-state index in [9.17, 15) is 9.50 Å². The van der Waals surface area contributed by atoms with E-state index in [0.29, 0.717) is 11.1 Å². The van der Waals surface area contributed by atoms with Crippen LogP contribution in [0.25, 0.3) is 0 Å². The fourth-order valence-corrected chi connectivity index (χ4v) is 2.57. The van der Waals surface area contributed by atoms with Crippen LogP contribution in [0.5, 0.6) is 0 Å². The molecule has 0 aliphatic heterocycles. The van der Waals surface area contributed by atoms with Gasteiger partial charge in [-0.05, 0) is 55.0 Å². The summed E-state index contributed by atoms with van der Waals surface area (Å²) in [5.74, 6) is -0.283. The highest BCUT2D eigenvalue weighted by Crippen LogP contribution is 2.32. The van der Waals surface area contributed by atoms with Crippen LogP contribution in [-0.2, 0) is 5.60 Å². The molecule has 90 valence electrons. The van der Waals surface area contributed by atoms with E-state index in [1.807, 2.05) is 18.4 Å². The van der Waals surface area contributed by atoms with Crippen LogP contribution in [0.2, 0.25) is 0 Å². The molecule has 17 heavy (non-hydrogen) atoms. The Morgan fingerprint density at radius 1 is 1.18 bits per heavy atom. The number of hydrogen-bond acceptors (Lipinski definition) is 2. The summed E-state index contributed by atoms with van der Waals surface area (Å²) < 4.78 is 13.5. The normalized spacial score (nSPS) is 14.6. The Hall–Kier alpha value is -1.19. The fourth-order valence-electron chi connectivity index (χ4n) is 1.76. The Morgan fingerprint density at radius 3 is 2.41 bits per heavy atom. The lowest BCUT2D eigenvalue weighted by Crippen LogP contribution is -2.22. The standard InChI is InChI=1S/C14H15FOS/c1-9-4-5-11(7-13(9)15)14(3,16)12-6-10(2)17-8-12/h4-8,16H,1-3H3. The second-order valence-corrected chi connectivity index (χ2v) is 5.60. The summed E-state index contributed by atoms with van der Waals surface area (Å²) in [4.78, 5) is 1.13. The summed E-state index contributed by atoms with van der Waals surface area (Å²) in [6.45, 7) is 5.39. The molecule has 1 aromatic heterocycles. The third-order valence-electron chi connectivity index (χ3n) is 3.03. The average Bonchev–Trinajstić information content (AvgIpc) is 2.69. The van der Waals surface area contributed by atoms with Crippen LogP contribution < -0.4 is 0 Å². The maximum absolute atomic E-state index is 13.5. The molecule has 1 unspecified atom stereocenters. The van der Waals surface area contributed by atoms with Crippen molar-refractivity contribution in [2.75, 3.05) is 0 Å². The van der Waals surface area contributed by atoms with Crippen molar-refractivity contribution in [1.82, 2.24) is 0 Å². The van der Waals surface area contributed by atoms with Gasteiger partial charge in [0, 0.05) is 4.88 Å². The topological polar surface area (TPSA) is 20.2 Å². The molecule has 1 aromatic carbocycles. The highest BCUT2D eigenvalue weighted by molar-refractivity contribution is 7.10. The molecule has 0 bridgehead atoms. The number of benzene rings is 1. The maximum atomic E-state index is 13.5. The molecule has 3 heteroatoms. The summed E-state index contributed by atoms with van der Waals surface area (Å²) in [7, 11) is 0. The summed E-state index contributed by atoms with van der Waals surface area (Å²) in [5, 5.41) is 12.4. The molecule has 1 N–H and O–H groups in total. The van der Waals surface area contributed by atoms with E-state index in [-0.39, 0.29) is 5.82 Å². The minimum atomic E-state index is -1.14. The molecular weight excluding hydrogens is 235 g/mol. The summed E-state index contributed by atoms with van der Waals surface area (Å²) in [5.41, 5.74) is 0.840. The van der Waals surface area contributed by atoms with Gasteiger partial charge in [-0.15, -0.1) is 11.3 Å². The van der Waals surface area contributed by atoms with Gasteiger partial charge in [-0.25, -0.2) is 4.39 Å². The van der Waals surface area contributed by atoms with E-state index in [0.717, 1.165) is 10.4 Å². The van der Waals surface area contributed by atoms with E-state index in [4.69, 9.17) is 0 Å². The monoisotopic (exact) mass is 250 g/mol. The summed E-state index contributed by atoms with van der Waals surface area (Å²) in [6, 6.07) is 6.80. The Morgan fingerprint density at radius 2 is 1.88 bits per heavy atom. The zero-order valence-corrected chi connectivity index (χ0v) is 10.9. The van der Waals surface area contributed by atoms with Crippen LogP contribution in [0.15, 0.2) is 29.6 Å². The Balaban J connectivity index is 2.47. The van der Waals surface area contributed by atoms with Crippen LogP contribution in [0.1, 0.15) is 28.5 Å². The first-order valence-corrected chi connectivity index (χ1v) is 6.34. The van der Waals surface area contributed by atoms with E-state index in [2.05, 4.69) is 0 Å². The predicted molar refractivity (Wildman–Crippen MR) is 68.9 cm³/mol. The molecule has 0 radical (unpaired) electrons. The van der Waals surface area contributed by atoms with Gasteiger partial charge in [-0.1, -0.05) is 12.1 Å². The van der Waals surface area contributed by atoms with Gasteiger partial charge in [0.05, 0.1) is 0 Å². The van der Waals surface area contributed by atoms with Crippen molar-refractivity contribution in [3.8, 4) is 0 Å². The van der Waals surface area contributed by atoms with Crippen LogP contribution in [0.3, 0.4) is 0 Å².